The van der Waals surface area contributed by atoms with E-state index in [4.69, 9.17) is 4.99 Å². The Morgan fingerprint density at radius 1 is 1.18 bits per heavy atom. The molecule has 22 heavy (non-hydrogen) atoms. The summed E-state index contributed by atoms with van der Waals surface area (Å²) in [4.78, 5) is 14.0. The normalized spacial score (nSPS) is 31.9. The van der Waals surface area contributed by atoms with Gasteiger partial charge in [0.1, 0.15) is 6.33 Å². The molecular formula is C19H25N3. The van der Waals surface area contributed by atoms with Crippen LogP contribution in [0.25, 0.3) is 5.57 Å². The molecule has 1 aliphatic heterocycles. The standard InChI is InChI=1S/C19H25N3/c1-11(2)14-8-15(22-10-21-14)12-9-20-17-16(12)13-6-7-19(17,5)18(13,3)4/h8,10-11,13H,6-7,9H2,1-5H3. The van der Waals surface area contributed by atoms with E-state index in [9.17, 15) is 0 Å². The Balaban J connectivity index is 1.85. The first-order valence-corrected chi connectivity index (χ1v) is 8.47. The van der Waals surface area contributed by atoms with Gasteiger partial charge in [-0.05, 0) is 41.7 Å². The smallest absolute Gasteiger partial charge is 0.116 e. The van der Waals surface area contributed by atoms with Crippen molar-refractivity contribution in [2.45, 2.75) is 53.4 Å². The molecule has 1 aromatic heterocycles. The van der Waals surface area contributed by atoms with Gasteiger partial charge in [-0.1, -0.05) is 34.6 Å². The molecule has 0 N–H and O–H groups in total. The van der Waals surface area contributed by atoms with E-state index in [1.807, 2.05) is 0 Å². The first-order chi connectivity index (χ1) is 10.4. The van der Waals surface area contributed by atoms with Gasteiger partial charge < -0.3 is 0 Å². The molecule has 2 aliphatic carbocycles. The van der Waals surface area contributed by atoms with Gasteiger partial charge in [0.05, 0.1) is 12.2 Å². The lowest BCUT2D eigenvalue weighted by Crippen LogP contribution is -2.32. The van der Waals surface area contributed by atoms with E-state index in [0.717, 1.165) is 17.9 Å². The van der Waals surface area contributed by atoms with Crippen LogP contribution in [0.2, 0.25) is 0 Å². The Kier molecular flexibility index (Phi) is 2.74. The number of hydrogen-bond donors (Lipinski definition) is 0. The number of fused-ring (bicyclic) bond motifs is 5. The van der Waals surface area contributed by atoms with Crippen LogP contribution in [-0.2, 0) is 0 Å². The lowest BCUT2D eigenvalue weighted by Gasteiger charge is -2.33. The maximum absolute atomic E-state index is 4.96. The van der Waals surface area contributed by atoms with Gasteiger partial charge in [0.2, 0.25) is 0 Å². The quantitative estimate of drug-likeness (QED) is 0.817. The van der Waals surface area contributed by atoms with Crippen LogP contribution in [0.5, 0.6) is 0 Å². The molecule has 2 heterocycles. The van der Waals surface area contributed by atoms with Gasteiger partial charge in [0.15, 0.2) is 0 Å². The Bertz CT molecular complexity index is 711. The van der Waals surface area contributed by atoms with Gasteiger partial charge in [-0.15, -0.1) is 0 Å². The molecule has 116 valence electrons. The third kappa shape index (κ3) is 1.55. The van der Waals surface area contributed by atoms with Crippen LogP contribution in [0, 0.1) is 16.7 Å². The Labute approximate surface area is 133 Å². The molecular weight excluding hydrogens is 270 g/mol. The fourth-order valence-corrected chi connectivity index (χ4v) is 4.82. The van der Waals surface area contributed by atoms with Crippen molar-refractivity contribution in [1.82, 2.24) is 9.97 Å². The first kappa shape index (κ1) is 14.1. The molecule has 0 spiro atoms. The molecule has 0 saturated heterocycles. The predicted octanol–water partition coefficient (Wildman–Crippen LogP) is 4.26. The fourth-order valence-electron chi connectivity index (χ4n) is 4.82. The molecule has 3 heteroatoms. The third-order valence-electron chi connectivity index (χ3n) is 6.66. The Morgan fingerprint density at radius 2 is 1.95 bits per heavy atom. The SMILES string of the molecule is CC(C)c1cc(C2=C3C(=NC2)C2(C)CCC3C2(C)C)ncn1. The van der Waals surface area contributed by atoms with Gasteiger partial charge >= 0.3 is 0 Å². The van der Waals surface area contributed by atoms with Crippen molar-refractivity contribution < 1.29 is 0 Å². The molecule has 3 aliphatic rings. The molecule has 2 bridgehead atoms. The summed E-state index contributed by atoms with van der Waals surface area (Å²) in [6, 6.07) is 2.17. The van der Waals surface area contributed by atoms with Crippen molar-refractivity contribution in [3.8, 4) is 0 Å². The second kappa shape index (κ2) is 4.27. The monoisotopic (exact) mass is 295 g/mol. The van der Waals surface area contributed by atoms with Gasteiger partial charge in [-0.2, -0.15) is 0 Å². The number of nitrogens with zero attached hydrogens (tertiary/aromatic N) is 3. The summed E-state index contributed by atoms with van der Waals surface area (Å²) in [5.74, 6) is 1.08. The molecule has 2 unspecified atom stereocenters. The summed E-state index contributed by atoms with van der Waals surface area (Å²) in [5.41, 5.74) is 7.06. The molecule has 0 amide bonds. The molecule has 2 fully saturated rings. The van der Waals surface area contributed by atoms with Crippen LogP contribution in [-0.4, -0.2) is 22.2 Å². The van der Waals surface area contributed by atoms with E-state index in [-0.39, 0.29) is 5.41 Å². The van der Waals surface area contributed by atoms with Crippen molar-refractivity contribution in [2.24, 2.45) is 21.7 Å². The molecule has 0 aromatic carbocycles. The summed E-state index contributed by atoms with van der Waals surface area (Å²) in [6.07, 6.45) is 4.29. The number of aliphatic imine (C=N–C) groups is 1. The van der Waals surface area contributed by atoms with E-state index in [0.29, 0.717) is 17.3 Å². The summed E-state index contributed by atoms with van der Waals surface area (Å²) in [7, 11) is 0. The van der Waals surface area contributed by atoms with Crippen molar-refractivity contribution >= 4 is 11.3 Å². The van der Waals surface area contributed by atoms with Crippen LogP contribution in [0.4, 0.5) is 0 Å². The van der Waals surface area contributed by atoms with Gasteiger partial charge in [0, 0.05) is 22.4 Å². The van der Waals surface area contributed by atoms with Gasteiger partial charge in [0.25, 0.3) is 0 Å². The molecule has 2 saturated carbocycles. The van der Waals surface area contributed by atoms with Crippen molar-refractivity contribution in [2.75, 3.05) is 6.54 Å². The number of allylic oxidation sites excluding steroid dienone is 1. The van der Waals surface area contributed by atoms with Gasteiger partial charge in [-0.25, -0.2) is 9.97 Å². The van der Waals surface area contributed by atoms with Crippen LogP contribution in [0.15, 0.2) is 23.0 Å². The van der Waals surface area contributed by atoms with Gasteiger partial charge in [-0.3, -0.25) is 4.99 Å². The Morgan fingerprint density at radius 3 is 2.68 bits per heavy atom. The summed E-state index contributed by atoms with van der Waals surface area (Å²) >= 11 is 0. The zero-order valence-corrected chi connectivity index (χ0v) is 14.3. The molecule has 3 nitrogen and oxygen atoms in total. The summed E-state index contributed by atoms with van der Waals surface area (Å²) in [6.45, 7) is 12.4. The number of rotatable bonds is 2. The average Bonchev–Trinajstić information content (AvgIpc) is 3.05. The second-order valence-electron chi connectivity index (χ2n) is 8.18. The molecule has 1 aromatic rings. The van der Waals surface area contributed by atoms with E-state index < -0.39 is 0 Å². The minimum Gasteiger partial charge on any atom is -0.284 e. The summed E-state index contributed by atoms with van der Waals surface area (Å²) < 4.78 is 0. The maximum atomic E-state index is 4.96. The zero-order chi connectivity index (χ0) is 15.7. The average molecular weight is 295 g/mol. The van der Waals surface area contributed by atoms with E-state index in [1.54, 1.807) is 6.33 Å². The summed E-state index contributed by atoms with van der Waals surface area (Å²) in [5, 5.41) is 0. The van der Waals surface area contributed by atoms with Crippen LogP contribution in [0.1, 0.15) is 64.8 Å². The fraction of sp³-hybridized carbons (Fsp3) is 0.632. The van der Waals surface area contributed by atoms with Crippen molar-refractivity contribution in [1.29, 1.82) is 0 Å². The highest BCUT2D eigenvalue weighted by molar-refractivity contribution is 6.16. The highest BCUT2D eigenvalue weighted by Crippen LogP contribution is 2.68. The minimum atomic E-state index is 0.253. The maximum Gasteiger partial charge on any atom is 0.116 e. The van der Waals surface area contributed by atoms with E-state index in [1.165, 1.54) is 29.7 Å². The van der Waals surface area contributed by atoms with E-state index in [2.05, 4.69) is 50.7 Å². The number of aromatic nitrogens is 2. The molecule has 2 atom stereocenters. The molecule has 0 radical (unpaired) electrons. The zero-order valence-electron chi connectivity index (χ0n) is 14.3. The number of hydrogen-bond acceptors (Lipinski definition) is 3. The van der Waals surface area contributed by atoms with E-state index >= 15 is 0 Å². The predicted molar refractivity (Wildman–Crippen MR) is 90.0 cm³/mol. The minimum absolute atomic E-state index is 0.253. The highest BCUT2D eigenvalue weighted by atomic mass is 14.9. The first-order valence-electron chi connectivity index (χ1n) is 8.47. The van der Waals surface area contributed by atoms with Crippen molar-refractivity contribution in [3.05, 3.63) is 29.4 Å². The lowest BCUT2D eigenvalue weighted by atomic mass is 9.70. The third-order valence-corrected chi connectivity index (χ3v) is 6.66. The topological polar surface area (TPSA) is 38.1 Å². The second-order valence-corrected chi connectivity index (χ2v) is 8.18. The van der Waals surface area contributed by atoms with Crippen molar-refractivity contribution in [3.63, 3.8) is 0 Å². The largest absolute Gasteiger partial charge is 0.284 e. The lowest BCUT2D eigenvalue weighted by molar-refractivity contribution is 0.202. The van der Waals surface area contributed by atoms with Crippen LogP contribution in [0.3, 0.4) is 0 Å². The molecule has 4 rings (SSSR count). The van der Waals surface area contributed by atoms with Crippen LogP contribution < -0.4 is 0 Å². The Hall–Kier alpha value is -1.51. The van der Waals surface area contributed by atoms with Crippen LogP contribution >= 0.6 is 0 Å². The highest BCUT2D eigenvalue weighted by Gasteiger charge is 2.63.